The first-order valence-corrected chi connectivity index (χ1v) is 10.8. The van der Waals surface area contributed by atoms with E-state index in [1.54, 1.807) is 0 Å². The highest BCUT2D eigenvalue weighted by molar-refractivity contribution is 7.87. The predicted molar refractivity (Wildman–Crippen MR) is 114 cm³/mol. The summed E-state index contributed by atoms with van der Waals surface area (Å²) in [6.45, 7) is 0. The van der Waals surface area contributed by atoms with Gasteiger partial charge in [-0.15, -0.1) is 0 Å². The molecule has 0 fully saturated rings. The van der Waals surface area contributed by atoms with Gasteiger partial charge < -0.3 is 10.2 Å². The highest BCUT2D eigenvalue weighted by Crippen LogP contribution is 2.53. The largest absolute Gasteiger partial charge is 0.508 e. The first-order chi connectivity index (χ1) is 13.5. The van der Waals surface area contributed by atoms with Crippen LogP contribution in [0.25, 0.3) is 0 Å². The maximum atomic E-state index is 13.0. The van der Waals surface area contributed by atoms with E-state index in [1.165, 1.54) is 42.5 Å². The van der Waals surface area contributed by atoms with Gasteiger partial charge >= 0.3 is 0 Å². The van der Waals surface area contributed by atoms with E-state index in [1.807, 2.05) is 0 Å². The van der Waals surface area contributed by atoms with Gasteiger partial charge in [0, 0.05) is 26.2 Å². The minimum atomic E-state index is -5.18. The van der Waals surface area contributed by atoms with E-state index >= 15 is 0 Å². The fourth-order valence-electron chi connectivity index (χ4n) is 3.23. The Morgan fingerprint density at radius 2 is 1.41 bits per heavy atom. The second-order valence-electron chi connectivity index (χ2n) is 6.08. The molecule has 0 saturated carbocycles. The van der Waals surface area contributed by atoms with Crippen LogP contribution in [0.3, 0.4) is 0 Å². The van der Waals surface area contributed by atoms with Gasteiger partial charge in [-0.1, -0.05) is 58.5 Å². The summed E-state index contributed by atoms with van der Waals surface area (Å²) in [7, 11) is -5.18. The van der Waals surface area contributed by atoms with Crippen molar-refractivity contribution in [2.75, 3.05) is 0 Å². The first-order valence-electron chi connectivity index (χ1n) is 7.89. The van der Waals surface area contributed by atoms with Crippen molar-refractivity contribution in [1.82, 2.24) is 0 Å². The maximum absolute atomic E-state index is 13.0. The molecular formula is C19H12Cl4O5S. The Morgan fingerprint density at radius 3 is 2.03 bits per heavy atom. The average molecular weight is 494 g/mol. The molecule has 0 aliphatic carbocycles. The third-order valence-electron chi connectivity index (χ3n) is 4.39. The smallest absolute Gasteiger partial charge is 0.283 e. The number of hydrogen-bond donors (Lipinski definition) is 3. The standard InChI is InChI=1S/C19H12Cl4O5S/c20-11-3-1-2-10(8-11)19(29(26,27)28,13-9-12(21)4-7-16(13)24)17-14(22)5-6-15(23)18(17)25/h1-9,24-25H,(H,26,27,28). The first kappa shape index (κ1) is 22.0. The van der Waals surface area contributed by atoms with Gasteiger partial charge in [-0.05, 0) is 48.0 Å². The van der Waals surface area contributed by atoms with Crippen LogP contribution in [0, 0.1) is 0 Å². The fourth-order valence-corrected chi connectivity index (χ4v) is 5.43. The molecule has 0 aliphatic rings. The van der Waals surface area contributed by atoms with E-state index < -0.39 is 31.9 Å². The molecule has 1 atom stereocenters. The van der Waals surface area contributed by atoms with Crippen molar-refractivity contribution >= 4 is 56.5 Å². The Morgan fingerprint density at radius 1 is 0.793 bits per heavy atom. The Kier molecular flexibility index (Phi) is 5.98. The van der Waals surface area contributed by atoms with Crippen molar-refractivity contribution < 1.29 is 23.2 Å². The van der Waals surface area contributed by atoms with E-state index in [0.717, 1.165) is 12.1 Å². The third-order valence-corrected chi connectivity index (χ3v) is 6.91. The molecule has 3 rings (SSSR count). The number of phenols is 2. The van der Waals surface area contributed by atoms with Crippen LogP contribution in [0.15, 0.2) is 54.6 Å². The summed E-state index contributed by atoms with van der Waals surface area (Å²) in [4.78, 5) is 0. The molecule has 152 valence electrons. The van der Waals surface area contributed by atoms with Crippen LogP contribution in [0.1, 0.15) is 16.7 Å². The van der Waals surface area contributed by atoms with Crippen molar-refractivity contribution in [2.24, 2.45) is 0 Å². The van der Waals surface area contributed by atoms with E-state index in [4.69, 9.17) is 46.4 Å². The van der Waals surface area contributed by atoms with Crippen LogP contribution < -0.4 is 0 Å². The Labute approximate surface area is 186 Å². The van der Waals surface area contributed by atoms with Crippen LogP contribution in [-0.2, 0) is 14.9 Å². The lowest BCUT2D eigenvalue weighted by Gasteiger charge is -2.34. The molecule has 0 heterocycles. The zero-order valence-corrected chi connectivity index (χ0v) is 18.1. The summed E-state index contributed by atoms with van der Waals surface area (Å²) in [5, 5.41) is 21.0. The van der Waals surface area contributed by atoms with Crippen LogP contribution in [-0.4, -0.2) is 23.2 Å². The molecule has 0 amide bonds. The van der Waals surface area contributed by atoms with Crippen LogP contribution in [0.2, 0.25) is 20.1 Å². The van der Waals surface area contributed by atoms with Gasteiger partial charge in [-0.2, -0.15) is 8.42 Å². The molecule has 0 aliphatic heterocycles. The maximum Gasteiger partial charge on any atom is 0.283 e. The second-order valence-corrected chi connectivity index (χ2v) is 9.33. The predicted octanol–water partition coefficient (Wildman–Crippen LogP) is 5.89. The summed E-state index contributed by atoms with van der Waals surface area (Å²) in [6.07, 6.45) is 0. The lowest BCUT2D eigenvalue weighted by atomic mass is 9.83. The summed E-state index contributed by atoms with van der Waals surface area (Å²) in [5.74, 6) is -1.22. The molecule has 0 radical (unpaired) electrons. The van der Waals surface area contributed by atoms with Crippen LogP contribution in [0.4, 0.5) is 0 Å². The van der Waals surface area contributed by atoms with Crippen molar-refractivity contribution in [3.63, 3.8) is 0 Å². The highest BCUT2D eigenvalue weighted by atomic mass is 35.5. The number of hydrogen-bond acceptors (Lipinski definition) is 4. The molecule has 1 unspecified atom stereocenters. The molecule has 3 N–H and O–H groups in total. The summed E-state index contributed by atoms with van der Waals surface area (Å²) in [6, 6.07) is 11.7. The zero-order valence-electron chi connectivity index (χ0n) is 14.3. The Balaban J connectivity index is 2.68. The fraction of sp³-hybridized carbons (Fsp3) is 0.0526. The number of aromatic hydroxyl groups is 2. The molecule has 0 bridgehead atoms. The van der Waals surface area contributed by atoms with Gasteiger partial charge in [0.15, 0.2) is 4.75 Å². The third kappa shape index (κ3) is 3.65. The van der Waals surface area contributed by atoms with Gasteiger partial charge in [0.05, 0.1) is 5.02 Å². The topological polar surface area (TPSA) is 94.8 Å². The molecular weight excluding hydrogens is 482 g/mol. The van der Waals surface area contributed by atoms with Crippen molar-refractivity contribution in [3.8, 4) is 11.5 Å². The molecule has 5 nitrogen and oxygen atoms in total. The molecule has 0 aromatic heterocycles. The number of phenolic OH excluding ortho intramolecular Hbond substituents is 2. The summed E-state index contributed by atoms with van der Waals surface area (Å²) in [5.41, 5.74) is -0.923. The number of benzene rings is 3. The lowest BCUT2D eigenvalue weighted by Crippen LogP contribution is -2.38. The summed E-state index contributed by atoms with van der Waals surface area (Å²) >= 11 is 24.4. The summed E-state index contributed by atoms with van der Waals surface area (Å²) < 4.78 is 33.9. The van der Waals surface area contributed by atoms with Crippen molar-refractivity contribution in [1.29, 1.82) is 0 Å². The zero-order chi connectivity index (χ0) is 21.6. The van der Waals surface area contributed by atoms with Crippen molar-refractivity contribution in [2.45, 2.75) is 4.75 Å². The average Bonchev–Trinajstić information content (AvgIpc) is 2.63. The minimum absolute atomic E-state index is 0.0606. The monoisotopic (exact) mass is 492 g/mol. The quantitative estimate of drug-likeness (QED) is 0.311. The molecule has 0 saturated heterocycles. The second kappa shape index (κ2) is 7.87. The van der Waals surface area contributed by atoms with Gasteiger partial charge in [-0.3, -0.25) is 4.55 Å². The molecule has 3 aromatic rings. The Bertz CT molecular complexity index is 1210. The van der Waals surface area contributed by atoms with Gasteiger partial charge in [0.2, 0.25) is 0 Å². The number of halogens is 4. The molecule has 0 spiro atoms. The van der Waals surface area contributed by atoms with E-state index in [-0.39, 0.29) is 31.2 Å². The van der Waals surface area contributed by atoms with E-state index in [0.29, 0.717) is 0 Å². The van der Waals surface area contributed by atoms with Crippen molar-refractivity contribution in [3.05, 3.63) is 91.4 Å². The van der Waals surface area contributed by atoms with Crippen LogP contribution in [0.5, 0.6) is 11.5 Å². The van der Waals surface area contributed by atoms with Gasteiger partial charge in [0.1, 0.15) is 11.5 Å². The van der Waals surface area contributed by atoms with Gasteiger partial charge in [-0.25, -0.2) is 0 Å². The normalized spacial score (nSPS) is 13.8. The van der Waals surface area contributed by atoms with Crippen LogP contribution >= 0.6 is 46.4 Å². The minimum Gasteiger partial charge on any atom is -0.508 e. The molecule has 10 heteroatoms. The van der Waals surface area contributed by atoms with E-state index in [2.05, 4.69) is 0 Å². The molecule has 3 aromatic carbocycles. The highest BCUT2D eigenvalue weighted by Gasteiger charge is 2.53. The SMILES string of the molecule is O=S(=O)(O)C(c1cccc(Cl)c1)(c1cc(Cl)ccc1O)c1c(Cl)ccc(Cl)c1O. The number of rotatable bonds is 4. The molecule has 29 heavy (non-hydrogen) atoms. The van der Waals surface area contributed by atoms with Gasteiger partial charge in [0.25, 0.3) is 10.1 Å². The Hall–Kier alpha value is -1.67. The lowest BCUT2D eigenvalue weighted by molar-refractivity contribution is 0.428. The van der Waals surface area contributed by atoms with E-state index in [9.17, 15) is 23.2 Å².